The van der Waals surface area contributed by atoms with Crippen molar-refractivity contribution in [1.82, 2.24) is 14.4 Å². The maximum absolute atomic E-state index is 11.2. The zero-order valence-corrected chi connectivity index (χ0v) is 9.21. The van der Waals surface area contributed by atoms with Crippen LogP contribution in [0.15, 0.2) is 18.6 Å². The second-order valence-electron chi connectivity index (χ2n) is 3.76. The number of aromatic nitrogens is 3. The van der Waals surface area contributed by atoms with Gasteiger partial charge in [-0.25, -0.2) is 9.78 Å². The van der Waals surface area contributed by atoms with E-state index in [2.05, 4.69) is 9.97 Å². The Bertz CT molecular complexity index is 533. The Morgan fingerprint density at radius 1 is 1.62 bits per heavy atom. The molecule has 0 saturated heterocycles. The number of carbonyl (C=O) groups is 1. The van der Waals surface area contributed by atoms with Gasteiger partial charge in [-0.2, -0.15) is 0 Å². The Morgan fingerprint density at radius 3 is 3.00 bits per heavy atom. The van der Waals surface area contributed by atoms with Gasteiger partial charge in [0.15, 0.2) is 11.3 Å². The molecule has 2 aromatic heterocycles. The third-order valence-corrected chi connectivity index (χ3v) is 2.74. The van der Waals surface area contributed by atoms with Crippen LogP contribution in [0.2, 0.25) is 0 Å². The molecule has 0 aliphatic carbocycles. The maximum atomic E-state index is 11.2. The Kier molecular flexibility index (Phi) is 2.60. The predicted octanol–water partition coefficient (Wildman–Crippen LogP) is 1.94. The Morgan fingerprint density at radius 2 is 2.38 bits per heavy atom. The van der Waals surface area contributed by atoms with Crippen molar-refractivity contribution in [3.05, 3.63) is 30.0 Å². The van der Waals surface area contributed by atoms with Gasteiger partial charge in [0.05, 0.1) is 11.9 Å². The summed E-state index contributed by atoms with van der Waals surface area (Å²) in [4.78, 5) is 19.5. The summed E-state index contributed by atoms with van der Waals surface area (Å²) in [6.45, 7) is 3.99. The first-order chi connectivity index (χ1) is 7.65. The van der Waals surface area contributed by atoms with Gasteiger partial charge >= 0.3 is 5.97 Å². The van der Waals surface area contributed by atoms with Crippen LogP contribution in [-0.2, 0) is 0 Å². The number of nitrogens with zero attached hydrogens (tertiary/aromatic N) is 3. The molecule has 1 atom stereocenters. The summed E-state index contributed by atoms with van der Waals surface area (Å²) in [6, 6.07) is 0. The number of aromatic carboxylic acids is 1. The van der Waals surface area contributed by atoms with Crippen LogP contribution in [0.3, 0.4) is 0 Å². The van der Waals surface area contributed by atoms with Gasteiger partial charge in [0.2, 0.25) is 0 Å². The minimum atomic E-state index is -0.950. The zero-order chi connectivity index (χ0) is 11.7. The number of imidazole rings is 1. The van der Waals surface area contributed by atoms with Crippen molar-refractivity contribution in [3.8, 4) is 0 Å². The van der Waals surface area contributed by atoms with Gasteiger partial charge < -0.3 is 5.11 Å². The quantitative estimate of drug-likeness (QED) is 0.856. The Hall–Kier alpha value is -1.91. The van der Waals surface area contributed by atoms with Crippen molar-refractivity contribution in [2.45, 2.75) is 26.2 Å². The van der Waals surface area contributed by atoms with E-state index >= 15 is 0 Å². The van der Waals surface area contributed by atoms with Crippen molar-refractivity contribution >= 4 is 11.6 Å². The summed E-state index contributed by atoms with van der Waals surface area (Å²) < 4.78 is 1.57. The van der Waals surface area contributed by atoms with E-state index in [9.17, 15) is 9.90 Å². The Balaban J connectivity index is 2.73. The minimum Gasteiger partial charge on any atom is -0.477 e. The highest BCUT2D eigenvalue weighted by Crippen LogP contribution is 2.23. The fourth-order valence-corrected chi connectivity index (χ4v) is 1.67. The van der Waals surface area contributed by atoms with E-state index in [0.29, 0.717) is 11.3 Å². The molecule has 0 aliphatic rings. The third-order valence-electron chi connectivity index (χ3n) is 2.74. The molecule has 0 aromatic carbocycles. The van der Waals surface area contributed by atoms with Gasteiger partial charge in [-0.05, 0) is 6.42 Å². The number of hydrogen-bond donors (Lipinski definition) is 1. The molecule has 5 heteroatoms. The smallest absolute Gasteiger partial charge is 0.354 e. The third kappa shape index (κ3) is 1.54. The molecule has 0 spiro atoms. The molecule has 2 heterocycles. The van der Waals surface area contributed by atoms with E-state index in [1.54, 1.807) is 23.0 Å². The molecule has 0 bridgehead atoms. The van der Waals surface area contributed by atoms with Crippen molar-refractivity contribution in [2.75, 3.05) is 0 Å². The van der Waals surface area contributed by atoms with Crippen LogP contribution in [0.4, 0.5) is 0 Å². The van der Waals surface area contributed by atoms with E-state index in [-0.39, 0.29) is 11.6 Å². The first-order valence-electron chi connectivity index (χ1n) is 5.20. The fraction of sp³-hybridized carbons (Fsp3) is 0.364. The van der Waals surface area contributed by atoms with Gasteiger partial charge in [-0.1, -0.05) is 13.8 Å². The lowest BCUT2D eigenvalue weighted by molar-refractivity contribution is 0.0687. The number of fused-ring (bicyclic) bond motifs is 1. The largest absolute Gasteiger partial charge is 0.477 e. The van der Waals surface area contributed by atoms with E-state index in [0.717, 1.165) is 6.42 Å². The normalized spacial score (nSPS) is 12.9. The molecular formula is C11H13N3O2. The van der Waals surface area contributed by atoms with Gasteiger partial charge in [-0.3, -0.25) is 9.38 Å². The van der Waals surface area contributed by atoms with Crippen molar-refractivity contribution in [2.24, 2.45) is 0 Å². The maximum Gasteiger partial charge on any atom is 0.354 e. The SMILES string of the molecule is CCC(C)c1nc2cnccn2c1C(=O)O. The molecule has 1 unspecified atom stereocenters. The first-order valence-corrected chi connectivity index (χ1v) is 5.20. The summed E-state index contributed by atoms with van der Waals surface area (Å²) in [5.74, 6) is -0.819. The first kappa shape index (κ1) is 10.6. The molecule has 84 valence electrons. The molecular weight excluding hydrogens is 206 g/mol. The number of carboxylic acid groups (broad SMARTS) is 1. The lowest BCUT2D eigenvalue weighted by Gasteiger charge is -2.05. The summed E-state index contributed by atoms with van der Waals surface area (Å²) in [7, 11) is 0. The average molecular weight is 219 g/mol. The van der Waals surface area contributed by atoms with Crippen LogP contribution < -0.4 is 0 Å². The lowest BCUT2D eigenvalue weighted by Crippen LogP contribution is -2.07. The van der Waals surface area contributed by atoms with Crippen molar-refractivity contribution in [1.29, 1.82) is 0 Å². The summed E-state index contributed by atoms with van der Waals surface area (Å²) in [5, 5.41) is 9.22. The predicted molar refractivity (Wildman–Crippen MR) is 58.7 cm³/mol. The molecule has 0 aliphatic heterocycles. The van der Waals surface area contributed by atoms with Gasteiger partial charge in [0.25, 0.3) is 0 Å². The number of rotatable bonds is 3. The fourth-order valence-electron chi connectivity index (χ4n) is 1.67. The average Bonchev–Trinajstić information content (AvgIpc) is 2.67. The van der Waals surface area contributed by atoms with Crippen LogP contribution >= 0.6 is 0 Å². The molecule has 16 heavy (non-hydrogen) atoms. The second kappa shape index (κ2) is 3.92. The van der Waals surface area contributed by atoms with Crippen LogP contribution in [0.1, 0.15) is 42.4 Å². The lowest BCUT2D eigenvalue weighted by atomic mass is 10.0. The topological polar surface area (TPSA) is 67.5 Å². The zero-order valence-electron chi connectivity index (χ0n) is 9.21. The van der Waals surface area contributed by atoms with Gasteiger partial charge in [-0.15, -0.1) is 0 Å². The molecule has 2 rings (SSSR count). The van der Waals surface area contributed by atoms with Crippen molar-refractivity contribution < 1.29 is 9.90 Å². The molecule has 2 aromatic rings. The summed E-state index contributed by atoms with van der Waals surface area (Å²) >= 11 is 0. The van der Waals surface area contributed by atoms with Gasteiger partial charge in [0, 0.05) is 18.3 Å². The van der Waals surface area contributed by atoms with Crippen LogP contribution in [0, 0.1) is 0 Å². The van der Waals surface area contributed by atoms with Crippen LogP contribution in [0.5, 0.6) is 0 Å². The highest BCUT2D eigenvalue weighted by atomic mass is 16.4. The van der Waals surface area contributed by atoms with E-state index in [1.165, 1.54) is 0 Å². The molecule has 5 nitrogen and oxygen atoms in total. The highest BCUT2D eigenvalue weighted by molar-refractivity contribution is 5.88. The summed E-state index contributed by atoms with van der Waals surface area (Å²) in [5.41, 5.74) is 1.45. The molecule has 0 fully saturated rings. The minimum absolute atomic E-state index is 0.131. The summed E-state index contributed by atoms with van der Waals surface area (Å²) in [6.07, 6.45) is 5.61. The van der Waals surface area contributed by atoms with Crippen molar-refractivity contribution in [3.63, 3.8) is 0 Å². The number of hydrogen-bond acceptors (Lipinski definition) is 3. The highest BCUT2D eigenvalue weighted by Gasteiger charge is 2.21. The van der Waals surface area contributed by atoms with Crippen LogP contribution in [-0.4, -0.2) is 25.4 Å². The monoisotopic (exact) mass is 219 g/mol. The van der Waals surface area contributed by atoms with E-state index in [4.69, 9.17) is 0 Å². The molecule has 0 saturated carbocycles. The Labute approximate surface area is 92.8 Å². The molecule has 1 N–H and O–H groups in total. The molecule has 0 radical (unpaired) electrons. The van der Waals surface area contributed by atoms with E-state index < -0.39 is 5.97 Å². The van der Waals surface area contributed by atoms with Gasteiger partial charge in [0.1, 0.15) is 0 Å². The second-order valence-corrected chi connectivity index (χ2v) is 3.76. The molecule has 0 amide bonds. The number of carboxylic acids is 1. The van der Waals surface area contributed by atoms with E-state index in [1.807, 2.05) is 13.8 Å². The standard InChI is InChI=1S/C11H13N3O2/c1-3-7(2)9-10(11(15)16)14-5-4-12-6-8(14)13-9/h4-7H,3H2,1-2H3,(H,15,16). The van der Waals surface area contributed by atoms with Crippen LogP contribution in [0.25, 0.3) is 5.65 Å².